The third-order valence-electron chi connectivity index (χ3n) is 5.95. The number of aromatic nitrogens is 2. The lowest BCUT2D eigenvalue weighted by Gasteiger charge is -2.39. The fraction of sp³-hybridized carbons (Fsp3) is 0.500. The molecule has 1 aliphatic heterocycles. The lowest BCUT2D eigenvalue weighted by atomic mass is 9.89. The second kappa shape index (κ2) is 6.81. The number of thiophene rings is 2. The van der Waals surface area contributed by atoms with Gasteiger partial charge in [0, 0.05) is 34.4 Å². The van der Waals surface area contributed by atoms with E-state index >= 15 is 0 Å². The predicted octanol–water partition coefficient (Wildman–Crippen LogP) is 3.59. The molecular formula is C20H24N4OS2. The molecule has 2 aliphatic rings. The molecule has 0 spiro atoms. The van der Waals surface area contributed by atoms with Crippen molar-refractivity contribution in [2.45, 2.75) is 44.1 Å². The van der Waals surface area contributed by atoms with Crippen LogP contribution in [0.5, 0.6) is 0 Å². The number of aryl methyl sites for hydroxylation is 2. The quantitative estimate of drug-likeness (QED) is 0.703. The summed E-state index contributed by atoms with van der Waals surface area (Å²) >= 11 is 3.53. The zero-order valence-corrected chi connectivity index (χ0v) is 16.9. The van der Waals surface area contributed by atoms with E-state index in [1.165, 1.54) is 35.1 Å². The highest BCUT2D eigenvalue weighted by atomic mass is 32.1. The fourth-order valence-electron chi connectivity index (χ4n) is 4.21. The summed E-state index contributed by atoms with van der Waals surface area (Å²) < 4.78 is 0. The van der Waals surface area contributed by atoms with Gasteiger partial charge in [0.2, 0.25) is 0 Å². The molecule has 0 saturated carbocycles. The largest absolute Gasteiger partial charge is 0.394 e. The van der Waals surface area contributed by atoms with E-state index in [1.807, 2.05) is 11.3 Å². The van der Waals surface area contributed by atoms with E-state index in [-0.39, 0.29) is 6.61 Å². The van der Waals surface area contributed by atoms with Crippen molar-refractivity contribution in [2.24, 2.45) is 5.73 Å². The molecule has 1 aliphatic carbocycles. The van der Waals surface area contributed by atoms with Crippen LogP contribution in [0.4, 0.5) is 5.82 Å². The lowest BCUT2D eigenvalue weighted by molar-refractivity contribution is 0.170. The van der Waals surface area contributed by atoms with Crippen LogP contribution >= 0.6 is 22.7 Å². The van der Waals surface area contributed by atoms with Crippen LogP contribution in [0.3, 0.4) is 0 Å². The number of fused-ring (bicyclic) bond motifs is 3. The molecule has 0 amide bonds. The summed E-state index contributed by atoms with van der Waals surface area (Å²) in [5.41, 5.74) is 8.42. The number of hydrogen-bond donors (Lipinski definition) is 2. The Morgan fingerprint density at radius 3 is 2.74 bits per heavy atom. The summed E-state index contributed by atoms with van der Waals surface area (Å²) in [4.78, 5) is 15.0. The molecule has 142 valence electrons. The summed E-state index contributed by atoms with van der Waals surface area (Å²) in [5.74, 6) is 1.89. The number of nitrogens with two attached hydrogens (primary N) is 1. The van der Waals surface area contributed by atoms with E-state index < -0.39 is 5.54 Å². The minimum absolute atomic E-state index is 0.0496. The molecule has 5 rings (SSSR count). The van der Waals surface area contributed by atoms with Gasteiger partial charge in [-0.15, -0.1) is 11.3 Å². The fourth-order valence-corrected chi connectivity index (χ4v) is 6.10. The first-order valence-electron chi connectivity index (χ1n) is 9.66. The number of rotatable bonds is 3. The van der Waals surface area contributed by atoms with Crippen molar-refractivity contribution in [3.05, 3.63) is 27.3 Å². The molecule has 27 heavy (non-hydrogen) atoms. The molecule has 3 N–H and O–H groups in total. The van der Waals surface area contributed by atoms with E-state index in [0.29, 0.717) is 0 Å². The van der Waals surface area contributed by atoms with Gasteiger partial charge in [-0.2, -0.15) is 11.3 Å². The molecule has 0 bridgehead atoms. The Balaban J connectivity index is 1.63. The second-order valence-electron chi connectivity index (χ2n) is 7.78. The first kappa shape index (κ1) is 17.6. The van der Waals surface area contributed by atoms with E-state index in [1.54, 1.807) is 11.3 Å². The Morgan fingerprint density at radius 1 is 1.19 bits per heavy atom. The Hall–Kier alpha value is -1.54. The van der Waals surface area contributed by atoms with Crippen molar-refractivity contribution in [2.75, 3.05) is 24.6 Å². The van der Waals surface area contributed by atoms with Crippen molar-refractivity contribution >= 4 is 38.7 Å². The Bertz CT molecular complexity index is 958. The third kappa shape index (κ3) is 3.06. The van der Waals surface area contributed by atoms with Crippen molar-refractivity contribution in [3.8, 4) is 11.4 Å². The van der Waals surface area contributed by atoms with E-state index in [9.17, 15) is 5.11 Å². The van der Waals surface area contributed by atoms with Crippen LogP contribution < -0.4 is 10.6 Å². The standard InChI is InChI=1S/C20H24N4OS2/c21-20(12-25)6-8-24(9-7-20)18-16-14-3-1-2-4-15(14)27-19(16)23-17(22-18)13-5-10-26-11-13/h5,10-11,25H,1-4,6-9,12,21H2. The second-order valence-corrected chi connectivity index (χ2v) is 9.65. The molecule has 7 heteroatoms. The van der Waals surface area contributed by atoms with Crippen LogP contribution in [-0.2, 0) is 12.8 Å². The topological polar surface area (TPSA) is 75.3 Å². The van der Waals surface area contributed by atoms with E-state index in [4.69, 9.17) is 15.7 Å². The maximum Gasteiger partial charge on any atom is 0.163 e. The SMILES string of the molecule is NC1(CO)CCN(c2nc(-c3ccsc3)nc3sc4c(c23)CCCC4)CC1. The van der Waals surface area contributed by atoms with Gasteiger partial charge < -0.3 is 15.7 Å². The summed E-state index contributed by atoms with van der Waals surface area (Å²) in [5, 5.41) is 15.1. The number of anilines is 1. The van der Waals surface area contributed by atoms with Crippen LogP contribution in [0.25, 0.3) is 21.6 Å². The Kier molecular flexibility index (Phi) is 4.43. The van der Waals surface area contributed by atoms with Gasteiger partial charge in [-0.05, 0) is 55.5 Å². The van der Waals surface area contributed by atoms with Gasteiger partial charge in [-0.3, -0.25) is 0 Å². The highest BCUT2D eigenvalue weighted by molar-refractivity contribution is 7.19. The Morgan fingerprint density at radius 2 is 2.00 bits per heavy atom. The van der Waals surface area contributed by atoms with E-state index in [2.05, 4.69) is 21.7 Å². The predicted molar refractivity (Wildman–Crippen MR) is 113 cm³/mol. The summed E-state index contributed by atoms with van der Waals surface area (Å²) in [6, 6.07) is 2.09. The minimum atomic E-state index is -0.451. The highest BCUT2D eigenvalue weighted by Crippen LogP contribution is 2.41. The number of hydrogen-bond acceptors (Lipinski definition) is 7. The zero-order valence-electron chi connectivity index (χ0n) is 15.3. The normalized spacial score (nSPS) is 19.4. The van der Waals surface area contributed by atoms with Crippen LogP contribution in [0.2, 0.25) is 0 Å². The van der Waals surface area contributed by atoms with Gasteiger partial charge in [0.25, 0.3) is 0 Å². The van der Waals surface area contributed by atoms with Gasteiger partial charge in [0.15, 0.2) is 5.82 Å². The van der Waals surface area contributed by atoms with E-state index in [0.717, 1.165) is 54.4 Å². The smallest absolute Gasteiger partial charge is 0.163 e. The number of aliphatic hydroxyl groups is 1. The highest BCUT2D eigenvalue weighted by Gasteiger charge is 2.32. The summed E-state index contributed by atoms with van der Waals surface area (Å²) in [6.07, 6.45) is 6.40. The van der Waals surface area contributed by atoms with Crippen molar-refractivity contribution < 1.29 is 5.11 Å². The maximum absolute atomic E-state index is 9.61. The Labute approximate surface area is 166 Å². The molecule has 1 saturated heterocycles. The molecule has 5 nitrogen and oxygen atoms in total. The van der Waals surface area contributed by atoms with Gasteiger partial charge in [-0.25, -0.2) is 9.97 Å². The zero-order chi connectivity index (χ0) is 18.4. The van der Waals surface area contributed by atoms with Gasteiger partial charge >= 0.3 is 0 Å². The molecule has 0 aromatic carbocycles. The lowest BCUT2D eigenvalue weighted by Crippen LogP contribution is -2.53. The first-order chi connectivity index (χ1) is 13.2. The van der Waals surface area contributed by atoms with Gasteiger partial charge in [0.05, 0.1) is 12.0 Å². The van der Waals surface area contributed by atoms with Crippen LogP contribution in [0.1, 0.15) is 36.1 Å². The van der Waals surface area contributed by atoms with Crippen molar-refractivity contribution in [3.63, 3.8) is 0 Å². The molecule has 4 heterocycles. The van der Waals surface area contributed by atoms with Crippen molar-refractivity contribution in [1.82, 2.24) is 9.97 Å². The average Bonchev–Trinajstić information content (AvgIpc) is 3.35. The number of piperidine rings is 1. The molecule has 3 aromatic heterocycles. The first-order valence-corrected chi connectivity index (χ1v) is 11.4. The van der Waals surface area contributed by atoms with Gasteiger partial charge in [-0.1, -0.05) is 0 Å². The summed E-state index contributed by atoms with van der Waals surface area (Å²) in [7, 11) is 0. The summed E-state index contributed by atoms with van der Waals surface area (Å²) in [6.45, 7) is 1.71. The average molecular weight is 401 g/mol. The minimum Gasteiger partial charge on any atom is -0.394 e. The molecular weight excluding hydrogens is 376 g/mol. The monoisotopic (exact) mass is 400 g/mol. The maximum atomic E-state index is 9.61. The molecule has 0 unspecified atom stereocenters. The van der Waals surface area contributed by atoms with Crippen LogP contribution in [0, 0.1) is 0 Å². The van der Waals surface area contributed by atoms with Crippen LogP contribution in [0.15, 0.2) is 16.8 Å². The molecule has 0 radical (unpaired) electrons. The molecule has 1 fully saturated rings. The van der Waals surface area contributed by atoms with Crippen LogP contribution in [-0.4, -0.2) is 40.3 Å². The molecule has 3 aromatic rings. The van der Waals surface area contributed by atoms with Crippen molar-refractivity contribution in [1.29, 1.82) is 0 Å². The third-order valence-corrected chi connectivity index (χ3v) is 7.82. The molecule has 0 atom stereocenters. The number of aliphatic hydroxyl groups excluding tert-OH is 1. The van der Waals surface area contributed by atoms with Gasteiger partial charge in [0.1, 0.15) is 10.6 Å². The number of nitrogens with zero attached hydrogens (tertiary/aromatic N) is 3.